The molecule has 2 aliphatic rings. The Morgan fingerprint density at radius 1 is 1.09 bits per heavy atom. The summed E-state index contributed by atoms with van der Waals surface area (Å²) in [5, 5.41) is 11.4. The van der Waals surface area contributed by atoms with Crippen LogP contribution in [0.15, 0.2) is 47.4 Å². The van der Waals surface area contributed by atoms with Crippen LogP contribution in [0.3, 0.4) is 0 Å². The average molecular weight is 507 g/mol. The maximum Gasteiger partial charge on any atom is 0.296 e. The predicted molar refractivity (Wildman–Crippen MR) is 130 cm³/mol. The Balaban J connectivity index is 1.43. The third-order valence-electron chi connectivity index (χ3n) is 7.53. The molecule has 0 radical (unpaired) electrons. The maximum absolute atomic E-state index is 14.4. The Bertz CT molecular complexity index is 1100. The van der Waals surface area contributed by atoms with Crippen LogP contribution >= 0.6 is 0 Å². The summed E-state index contributed by atoms with van der Waals surface area (Å²) in [6.07, 6.45) is 4.91. The lowest BCUT2D eigenvalue weighted by Gasteiger charge is -2.43. The number of aryl methyl sites for hydroxylation is 1. The molecule has 1 unspecified atom stereocenters. The summed E-state index contributed by atoms with van der Waals surface area (Å²) in [5.41, 5.74) is -0.159. The van der Waals surface area contributed by atoms with Crippen LogP contribution in [-0.2, 0) is 24.6 Å². The lowest BCUT2D eigenvalue weighted by molar-refractivity contribution is -0.106. The van der Waals surface area contributed by atoms with Gasteiger partial charge in [-0.2, -0.15) is 8.42 Å². The highest BCUT2D eigenvalue weighted by atomic mass is 32.2. The number of aliphatic hydroxyl groups is 1. The summed E-state index contributed by atoms with van der Waals surface area (Å²) in [7, 11) is -3.87. The van der Waals surface area contributed by atoms with Gasteiger partial charge in [-0.15, -0.1) is 0 Å². The van der Waals surface area contributed by atoms with Gasteiger partial charge in [-0.25, -0.2) is 4.39 Å². The average Bonchev–Trinajstić information content (AvgIpc) is 2.85. The fourth-order valence-electron chi connectivity index (χ4n) is 4.91. The van der Waals surface area contributed by atoms with Gasteiger partial charge >= 0.3 is 0 Å². The van der Waals surface area contributed by atoms with E-state index in [4.69, 9.17) is 13.7 Å². The fourth-order valence-corrected chi connectivity index (χ4v) is 5.92. The van der Waals surface area contributed by atoms with E-state index in [0.29, 0.717) is 50.0 Å². The first-order valence-electron chi connectivity index (χ1n) is 12.4. The van der Waals surface area contributed by atoms with Crippen molar-refractivity contribution in [3.05, 3.63) is 59.4 Å². The zero-order valence-electron chi connectivity index (χ0n) is 20.5. The van der Waals surface area contributed by atoms with Gasteiger partial charge in [0.15, 0.2) is 6.29 Å². The van der Waals surface area contributed by atoms with Crippen molar-refractivity contribution in [2.24, 2.45) is 5.41 Å². The van der Waals surface area contributed by atoms with Gasteiger partial charge in [0.05, 0.1) is 23.7 Å². The lowest BCUT2D eigenvalue weighted by atomic mass is 9.66. The third-order valence-corrected chi connectivity index (χ3v) is 8.81. The number of hydrogen-bond donors (Lipinski definition) is 1. The number of benzene rings is 2. The number of ether oxygens (including phenoxy) is 2. The predicted octanol–water partition coefficient (Wildman–Crippen LogP) is 5.60. The molecule has 35 heavy (non-hydrogen) atoms. The second-order valence-electron chi connectivity index (χ2n) is 10.0. The van der Waals surface area contributed by atoms with Crippen molar-refractivity contribution < 1.29 is 31.6 Å². The van der Waals surface area contributed by atoms with E-state index in [2.05, 4.69) is 0 Å². The largest absolute Gasteiger partial charge is 0.465 e. The van der Waals surface area contributed by atoms with Crippen LogP contribution < -0.4 is 4.74 Å². The van der Waals surface area contributed by atoms with Gasteiger partial charge in [0.2, 0.25) is 0 Å². The van der Waals surface area contributed by atoms with E-state index in [9.17, 15) is 17.9 Å². The minimum atomic E-state index is -3.87. The molecule has 1 saturated carbocycles. The molecule has 2 aromatic rings. The molecule has 0 spiro atoms. The molecule has 8 heteroatoms. The van der Waals surface area contributed by atoms with Crippen LogP contribution in [0.2, 0.25) is 0 Å². The molecule has 1 aliphatic carbocycles. The molecule has 1 aliphatic heterocycles. The highest BCUT2D eigenvalue weighted by molar-refractivity contribution is 7.86. The van der Waals surface area contributed by atoms with E-state index >= 15 is 0 Å². The molecule has 4 rings (SSSR count). The normalized spacial score (nSPS) is 27.5. The van der Waals surface area contributed by atoms with Crippen molar-refractivity contribution in [1.29, 1.82) is 0 Å². The van der Waals surface area contributed by atoms with Gasteiger partial charge in [0, 0.05) is 12.5 Å². The molecular weight excluding hydrogens is 471 g/mol. The Hall–Kier alpha value is -2.00. The van der Waals surface area contributed by atoms with Crippen molar-refractivity contribution in [3.8, 4) is 5.75 Å². The van der Waals surface area contributed by atoms with E-state index in [0.717, 1.165) is 24.8 Å². The van der Waals surface area contributed by atoms with Crippen molar-refractivity contribution in [2.75, 3.05) is 13.2 Å². The molecule has 6 nitrogen and oxygen atoms in total. The van der Waals surface area contributed by atoms with Crippen molar-refractivity contribution in [1.82, 2.24) is 0 Å². The molecule has 0 bridgehead atoms. The molecule has 192 valence electrons. The second kappa shape index (κ2) is 10.5. The van der Waals surface area contributed by atoms with E-state index in [1.54, 1.807) is 30.3 Å². The zero-order valence-corrected chi connectivity index (χ0v) is 21.3. The minimum absolute atomic E-state index is 0.0479. The van der Waals surface area contributed by atoms with Crippen LogP contribution in [0.25, 0.3) is 0 Å². The summed E-state index contributed by atoms with van der Waals surface area (Å²) in [5.74, 6) is -0.123. The molecule has 0 aromatic heterocycles. The van der Waals surface area contributed by atoms with Crippen LogP contribution in [0.1, 0.15) is 69.4 Å². The van der Waals surface area contributed by atoms with Crippen LogP contribution in [0.4, 0.5) is 4.39 Å². The van der Waals surface area contributed by atoms with Gasteiger partial charge in [-0.1, -0.05) is 24.6 Å². The number of rotatable bonds is 8. The first-order valence-corrected chi connectivity index (χ1v) is 13.8. The van der Waals surface area contributed by atoms with Gasteiger partial charge in [0.1, 0.15) is 11.6 Å². The maximum atomic E-state index is 14.4. The summed E-state index contributed by atoms with van der Waals surface area (Å²) >= 11 is 0. The first-order chi connectivity index (χ1) is 16.6. The fraction of sp³-hybridized carbons (Fsp3) is 0.556. The summed E-state index contributed by atoms with van der Waals surface area (Å²) in [4.78, 5) is 0.135. The monoisotopic (exact) mass is 506 g/mol. The summed E-state index contributed by atoms with van der Waals surface area (Å²) < 4.78 is 56.8. The zero-order chi connectivity index (χ0) is 25.1. The topological polar surface area (TPSA) is 82.1 Å². The Kier molecular flexibility index (Phi) is 7.86. The Morgan fingerprint density at radius 2 is 1.80 bits per heavy atom. The lowest BCUT2D eigenvalue weighted by Crippen LogP contribution is -2.40. The molecule has 1 atom stereocenters. The van der Waals surface area contributed by atoms with E-state index < -0.39 is 27.8 Å². The van der Waals surface area contributed by atoms with Crippen molar-refractivity contribution >= 4 is 10.1 Å². The van der Waals surface area contributed by atoms with E-state index in [1.807, 2.05) is 13.8 Å². The molecule has 0 amide bonds. The smallest absolute Gasteiger partial charge is 0.296 e. The van der Waals surface area contributed by atoms with Crippen molar-refractivity contribution in [3.63, 3.8) is 0 Å². The van der Waals surface area contributed by atoms with Gasteiger partial charge in [-0.05, 0) is 87.1 Å². The standard InChI is InChI=1S/C27H35FO6S/c1-3-26(19-33-35(30,31)24-9-7-20(2)8-10-24)11-13-27(29,14-12-26)21-16-22(28)18-23(17-21)34-25-6-4-5-15-32-25/h7-10,16-18,25,29H,3-6,11-15,19H2,1-2H3. The molecule has 2 aromatic carbocycles. The molecule has 1 heterocycles. The Morgan fingerprint density at radius 3 is 2.43 bits per heavy atom. The van der Waals surface area contributed by atoms with Crippen LogP contribution in [-0.4, -0.2) is 33.0 Å². The third kappa shape index (κ3) is 6.23. The van der Waals surface area contributed by atoms with Gasteiger partial charge in [0.25, 0.3) is 10.1 Å². The SMILES string of the molecule is CCC1(COS(=O)(=O)c2ccc(C)cc2)CCC(O)(c2cc(F)cc(OC3CCCCO3)c2)CC1. The summed E-state index contributed by atoms with van der Waals surface area (Å²) in [6.45, 7) is 4.57. The van der Waals surface area contributed by atoms with Gasteiger partial charge < -0.3 is 14.6 Å². The van der Waals surface area contributed by atoms with Crippen molar-refractivity contribution in [2.45, 2.75) is 82.0 Å². The van der Waals surface area contributed by atoms with E-state index in [-0.39, 0.29) is 16.9 Å². The number of hydrogen-bond acceptors (Lipinski definition) is 6. The first kappa shape index (κ1) is 26.1. The molecular formula is C27H35FO6S. The quantitative estimate of drug-likeness (QED) is 0.469. The molecule has 1 saturated heterocycles. The van der Waals surface area contributed by atoms with Gasteiger partial charge in [-0.3, -0.25) is 4.18 Å². The highest BCUT2D eigenvalue weighted by Gasteiger charge is 2.43. The summed E-state index contributed by atoms with van der Waals surface area (Å²) in [6, 6.07) is 10.9. The van der Waals surface area contributed by atoms with Crippen LogP contribution in [0, 0.1) is 18.2 Å². The van der Waals surface area contributed by atoms with E-state index in [1.165, 1.54) is 12.1 Å². The van der Waals surface area contributed by atoms with Crippen LogP contribution in [0.5, 0.6) is 5.75 Å². The second-order valence-corrected chi connectivity index (χ2v) is 11.6. The molecule has 2 fully saturated rings. The molecule has 1 N–H and O–H groups in total. The number of halogens is 1. The minimum Gasteiger partial charge on any atom is -0.465 e. The highest BCUT2D eigenvalue weighted by Crippen LogP contribution is 2.48. The Labute approximate surface area is 207 Å².